The molecule has 1 heterocycles. The van der Waals surface area contributed by atoms with Crippen LogP contribution in [0, 0.1) is 11.8 Å². The van der Waals surface area contributed by atoms with E-state index < -0.39 is 0 Å². The maximum atomic E-state index is 12.5. The molecule has 0 N–H and O–H groups in total. The van der Waals surface area contributed by atoms with Crippen LogP contribution in [0.4, 0.5) is 0 Å². The van der Waals surface area contributed by atoms with Crippen molar-refractivity contribution in [3.63, 3.8) is 0 Å². The average molecular weight is 268 g/mol. The van der Waals surface area contributed by atoms with Crippen LogP contribution in [0.3, 0.4) is 0 Å². The first kappa shape index (κ1) is 12.3. The van der Waals surface area contributed by atoms with Crippen molar-refractivity contribution in [1.82, 2.24) is 0 Å². The van der Waals surface area contributed by atoms with Crippen molar-refractivity contribution in [2.24, 2.45) is 11.8 Å². The Morgan fingerprint density at radius 3 is 2.70 bits per heavy atom. The number of hydrogen-bond acceptors (Lipinski definition) is 2. The summed E-state index contributed by atoms with van der Waals surface area (Å²) in [6.45, 7) is 0.749. The fraction of sp³-hybridized carbons (Fsp3) is 0.500. The van der Waals surface area contributed by atoms with E-state index in [4.69, 9.17) is 4.74 Å². The predicted octanol–water partition coefficient (Wildman–Crippen LogP) is 3.62. The number of carbonyl (C=O) groups excluding carboxylic acids is 1. The highest BCUT2D eigenvalue weighted by molar-refractivity contribution is 6.24. The van der Waals surface area contributed by atoms with E-state index in [1.165, 1.54) is 24.8 Å². The third kappa shape index (κ3) is 1.86. The lowest BCUT2D eigenvalue weighted by atomic mass is 9.74. The number of rotatable bonds is 1. The summed E-state index contributed by atoms with van der Waals surface area (Å²) >= 11 is 0. The van der Waals surface area contributed by atoms with Crippen LogP contribution in [0.2, 0.25) is 0 Å². The number of ketones is 1. The number of ether oxygens (including phenoxy) is 1. The largest absolute Gasteiger partial charge is 0.377 e. The molecular weight excluding hydrogens is 248 g/mol. The van der Waals surface area contributed by atoms with Gasteiger partial charge in [-0.25, -0.2) is 0 Å². The van der Waals surface area contributed by atoms with E-state index >= 15 is 0 Å². The van der Waals surface area contributed by atoms with Crippen molar-refractivity contribution in [1.29, 1.82) is 0 Å². The molecule has 0 amide bonds. The molecule has 3 atom stereocenters. The van der Waals surface area contributed by atoms with Gasteiger partial charge in [-0.3, -0.25) is 4.79 Å². The van der Waals surface area contributed by atoms with Crippen molar-refractivity contribution < 1.29 is 9.53 Å². The van der Waals surface area contributed by atoms with Gasteiger partial charge in [-0.2, -0.15) is 0 Å². The highest BCUT2D eigenvalue weighted by Crippen LogP contribution is 2.48. The first-order valence-corrected chi connectivity index (χ1v) is 7.79. The van der Waals surface area contributed by atoms with Gasteiger partial charge < -0.3 is 4.74 Å². The topological polar surface area (TPSA) is 26.3 Å². The summed E-state index contributed by atoms with van der Waals surface area (Å²) < 4.78 is 6.04. The molecule has 3 unspecified atom stereocenters. The van der Waals surface area contributed by atoms with Gasteiger partial charge in [0, 0.05) is 23.8 Å². The van der Waals surface area contributed by atoms with E-state index in [0.29, 0.717) is 30.1 Å². The van der Waals surface area contributed by atoms with E-state index in [2.05, 4.69) is 12.1 Å². The third-order valence-electron chi connectivity index (χ3n) is 5.12. The Hall–Kier alpha value is -1.41. The number of Topliss-reactive ketones (excluding diaryl/α,β-unsaturated/α-hetero) is 1. The molecule has 0 aromatic heterocycles. The van der Waals surface area contributed by atoms with Crippen molar-refractivity contribution in [2.45, 2.75) is 38.2 Å². The van der Waals surface area contributed by atoms with Gasteiger partial charge in [-0.1, -0.05) is 43.2 Å². The Morgan fingerprint density at radius 2 is 1.85 bits per heavy atom. The van der Waals surface area contributed by atoms with E-state index in [1.807, 2.05) is 18.2 Å². The zero-order valence-electron chi connectivity index (χ0n) is 11.7. The van der Waals surface area contributed by atoms with Crippen LogP contribution in [0.1, 0.15) is 37.7 Å². The molecule has 0 radical (unpaired) electrons. The van der Waals surface area contributed by atoms with Gasteiger partial charge in [-0.05, 0) is 24.0 Å². The molecule has 1 aliphatic heterocycles. The molecule has 1 saturated carbocycles. The first-order chi connectivity index (χ1) is 9.84. The minimum Gasteiger partial charge on any atom is -0.377 e. The standard InChI is InChI=1S/C18H20O2/c19-15-10-13-11-20-16-9-5-4-8-14(16)17(13)18(15)12-6-2-1-3-7-12/h1-3,6-7,13-14,16H,4-5,8-11H2. The number of allylic oxidation sites excluding steroid dienone is 1. The molecule has 1 saturated heterocycles. The molecular formula is C18H20O2. The summed E-state index contributed by atoms with van der Waals surface area (Å²) in [5.41, 5.74) is 3.56. The van der Waals surface area contributed by atoms with E-state index in [0.717, 1.165) is 24.2 Å². The first-order valence-electron chi connectivity index (χ1n) is 7.79. The second kappa shape index (κ2) is 4.85. The summed E-state index contributed by atoms with van der Waals surface area (Å²) in [5.74, 6) is 1.16. The van der Waals surface area contributed by atoms with Crippen molar-refractivity contribution >= 4 is 11.4 Å². The van der Waals surface area contributed by atoms with Crippen LogP contribution in [-0.2, 0) is 9.53 Å². The Balaban J connectivity index is 1.82. The highest BCUT2D eigenvalue weighted by atomic mass is 16.5. The zero-order chi connectivity index (χ0) is 13.5. The van der Waals surface area contributed by atoms with Gasteiger partial charge in [0.2, 0.25) is 0 Å². The molecule has 0 bridgehead atoms. The summed E-state index contributed by atoms with van der Waals surface area (Å²) in [7, 11) is 0. The van der Waals surface area contributed by atoms with Crippen molar-refractivity contribution in [2.75, 3.05) is 6.61 Å². The fourth-order valence-electron chi connectivity index (χ4n) is 4.26. The number of benzene rings is 1. The van der Waals surface area contributed by atoms with Gasteiger partial charge in [0.1, 0.15) is 0 Å². The Morgan fingerprint density at radius 1 is 1.05 bits per heavy atom. The monoisotopic (exact) mass is 268 g/mol. The number of fused-ring (bicyclic) bond motifs is 3. The van der Waals surface area contributed by atoms with Crippen LogP contribution in [0.15, 0.2) is 35.9 Å². The molecule has 2 fully saturated rings. The lowest BCUT2D eigenvalue weighted by molar-refractivity contribution is -0.114. The lowest BCUT2D eigenvalue weighted by Crippen LogP contribution is -2.37. The molecule has 2 nitrogen and oxygen atoms in total. The molecule has 104 valence electrons. The number of hydrogen-bond donors (Lipinski definition) is 0. The smallest absolute Gasteiger partial charge is 0.164 e. The predicted molar refractivity (Wildman–Crippen MR) is 78.2 cm³/mol. The highest BCUT2D eigenvalue weighted by Gasteiger charge is 2.44. The van der Waals surface area contributed by atoms with Crippen molar-refractivity contribution in [3.8, 4) is 0 Å². The second-order valence-electron chi connectivity index (χ2n) is 6.28. The SMILES string of the molecule is O=C1CC2COC3CCCCC3C2=C1c1ccccc1. The van der Waals surface area contributed by atoms with E-state index in [9.17, 15) is 4.79 Å². The molecule has 2 heteroatoms. The molecule has 1 aromatic rings. The lowest BCUT2D eigenvalue weighted by Gasteiger charge is -2.40. The van der Waals surface area contributed by atoms with Gasteiger partial charge in [0.15, 0.2) is 5.78 Å². The zero-order valence-corrected chi connectivity index (χ0v) is 11.7. The molecule has 3 aliphatic rings. The fourth-order valence-corrected chi connectivity index (χ4v) is 4.26. The summed E-state index contributed by atoms with van der Waals surface area (Å²) in [4.78, 5) is 12.5. The molecule has 4 rings (SSSR count). The normalized spacial score (nSPS) is 33.0. The molecule has 20 heavy (non-hydrogen) atoms. The minimum atomic E-state index is 0.325. The maximum Gasteiger partial charge on any atom is 0.164 e. The third-order valence-corrected chi connectivity index (χ3v) is 5.12. The van der Waals surface area contributed by atoms with Crippen LogP contribution in [0.5, 0.6) is 0 Å². The Kier molecular flexibility index (Phi) is 2.99. The second-order valence-corrected chi connectivity index (χ2v) is 6.28. The van der Waals surface area contributed by atoms with Crippen LogP contribution in [-0.4, -0.2) is 18.5 Å². The van der Waals surface area contributed by atoms with Crippen LogP contribution in [0.25, 0.3) is 5.57 Å². The van der Waals surface area contributed by atoms with Gasteiger partial charge >= 0.3 is 0 Å². The van der Waals surface area contributed by atoms with Crippen molar-refractivity contribution in [3.05, 3.63) is 41.5 Å². The van der Waals surface area contributed by atoms with E-state index in [1.54, 1.807) is 0 Å². The minimum absolute atomic E-state index is 0.325. The number of carbonyl (C=O) groups is 1. The quantitative estimate of drug-likeness (QED) is 0.777. The summed E-state index contributed by atoms with van der Waals surface area (Å²) in [6.07, 6.45) is 5.92. The van der Waals surface area contributed by atoms with E-state index in [-0.39, 0.29) is 0 Å². The van der Waals surface area contributed by atoms with Gasteiger partial charge in [-0.15, -0.1) is 0 Å². The molecule has 1 aromatic carbocycles. The molecule has 2 aliphatic carbocycles. The molecule has 0 spiro atoms. The van der Waals surface area contributed by atoms with Gasteiger partial charge in [0.05, 0.1) is 12.7 Å². The Labute approximate surface area is 119 Å². The summed E-state index contributed by atoms with van der Waals surface area (Å²) in [5, 5.41) is 0. The maximum absolute atomic E-state index is 12.5. The van der Waals surface area contributed by atoms with Gasteiger partial charge in [0.25, 0.3) is 0 Å². The van der Waals surface area contributed by atoms with Crippen LogP contribution >= 0.6 is 0 Å². The Bertz CT molecular complexity index is 558. The average Bonchev–Trinajstić information content (AvgIpc) is 2.84. The summed E-state index contributed by atoms with van der Waals surface area (Å²) in [6, 6.07) is 10.2. The van der Waals surface area contributed by atoms with Crippen LogP contribution < -0.4 is 0 Å².